The minimum atomic E-state index is -5.03. The topological polar surface area (TPSA) is 9.23 Å². The second-order valence-corrected chi connectivity index (χ2v) is 3.84. The maximum atomic E-state index is 12.2. The van der Waals surface area contributed by atoms with Crippen molar-refractivity contribution in [2.24, 2.45) is 0 Å². The van der Waals surface area contributed by atoms with Crippen molar-refractivity contribution in [2.75, 3.05) is 6.61 Å². The molecule has 0 heterocycles. The summed E-state index contributed by atoms with van der Waals surface area (Å²) in [6.45, 7) is -0.902. The van der Waals surface area contributed by atoms with Gasteiger partial charge in [0.1, 0.15) is 5.75 Å². The van der Waals surface area contributed by atoms with Gasteiger partial charge in [-0.3, -0.25) is 0 Å². The van der Waals surface area contributed by atoms with Crippen molar-refractivity contribution in [3.8, 4) is 5.75 Å². The number of rotatable bonds is 4. The normalized spacial score (nSPS) is 11.3. The number of ether oxygens (including phenoxy) is 1. The molecule has 0 fully saturated rings. The second-order valence-electron chi connectivity index (χ2n) is 3.43. The quantitative estimate of drug-likeness (QED) is 0.734. The van der Waals surface area contributed by atoms with Gasteiger partial charge in [-0.1, -0.05) is 11.6 Å². The summed E-state index contributed by atoms with van der Waals surface area (Å²) in [5, 5.41) is 0.547. The first kappa shape index (κ1) is 13.0. The molecule has 0 N–H and O–H groups in total. The van der Waals surface area contributed by atoms with Crippen molar-refractivity contribution in [2.45, 2.75) is 6.92 Å². The molecule has 1 aromatic carbocycles. The molecular formula is C10H10BClF3O-. The summed E-state index contributed by atoms with van der Waals surface area (Å²) in [7, 11) is 0. The highest BCUT2D eigenvalue weighted by atomic mass is 35.5. The lowest BCUT2D eigenvalue weighted by Crippen LogP contribution is -2.23. The summed E-state index contributed by atoms with van der Waals surface area (Å²) >= 11 is 5.77. The third-order valence-corrected chi connectivity index (χ3v) is 2.44. The van der Waals surface area contributed by atoms with E-state index in [1.165, 1.54) is 6.07 Å². The standard InChI is InChI=1S/C10H10BClF3O/c1-7-5-9(3-4-10(7)12)16-6-8(2)11(13,14)15/h3-5H,2,6H2,1H3/q-1. The van der Waals surface area contributed by atoms with Crippen molar-refractivity contribution in [1.82, 2.24) is 0 Å². The van der Waals surface area contributed by atoms with Crippen molar-refractivity contribution in [3.05, 3.63) is 40.8 Å². The summed E-state index contributed by atoms with van der Waals surface area (Å²) in [5.41, 5.74) is -0.102. The first-order valence-corrected chi connectivity index (χ1v) is 4.95. The van der Waals surface area contributed by atoms with E-state index < -0.39 is 19.1 Å². The molecule has 16 heavy (non-hydrogen) atoms. The Balaban J connectivity index is 2.62. The molecule has 0 spiro atoms. The van der Waals surface area contributed by atoms with Crippen LogP contribution in [0.15, 0.2) is 30.3 Å². The van der Waals surface area contributed by atoms with Crippen LogP contribution in [0.2, 0.25) is 5.02 Å². The molecule has 0 aromatic heterocycles. The van der Waals surface area contributed by atoms with Gasteiger partial charge in [0, 0.05) is 5.02 Å². The molecule has 0 saturated carbocycles. The van der Waals surface area contributed by atoms with Gasteiger partial charge in [0.25, 0.3) is 0 Å². The fourth-order valence-corrected chi connectivity index (χ4v) is 1.10. The number of aryl methyl sites for hydroxylation is 1. The molecule has 1 aromatic rings. The largest absolute Gasteiger partial charge is 0.508 e. The smallest absolute Gasteiger partial charge is 0.492 e. The Labute approximate surface area is 96.9 Å². The molecular weight excluding hydrogens is 239 g/mol. The van der Waals surface area contributed by atoms with Crippen LogP contribution in [0.1, 0.15) is 5.56 Å². The molecule has 0 aliphatic heterocycles. The Morgan fingerprint density at radius 3 is 2.56 bits per heavy atom. The van der Waals surface area contributed by atoms with E-state index in [1.54, 1.807) is 19.1 Å². The van der Waals surface area contributed by atoms with Crippen molar-refractivity contribution in [1.29, 1.82) is 0 Å². The lowest BCUT2D eigenvalue weighted by molar-refractivity contribution is 0.346. The van der Waals surface area contributed by atoms with Crippen LogP contribution in [0.3, 0.4) is 0 Å². The highest BCUT2D eigenvalue weighted by Crippen LogP contribution is 2.23. The van der Waals surface area contributed by atoms with Crippen LogP contribution < -0.4 is 4.74 Å². The van der Waals surface area contributed by atoms with E-state index >= 15 is 0 Å². The molecule has 0 amide bonds. The number of halogens is 4. The number of benzene rings is 1. The Bertz CT molecular complexity index is 404. The van der Waals surface area contributed by atoms with E-state index in [0.717, 1.165) is 5.56 Å². The maximum absolute atomic E-state index is 12.2. The predicted octanol–water partition coefficient (Wildman–Crippen LogP) is 3.97. The molecule has 0 aliphatic rings. The number of hydrogen-bond acceptors (Lipinski definition) is 1. The highest BCUT2D eigenvalue weighted by molar-refractivity contribution is 6.66. The van der Waals surface area contributed by atoms with Gasteiger partial charge in [0.15, 0.2) is 0 Å². The zero-order valence-corrected chi connectivity index (χ0v) is 9.40. The summed E-state index contributed by atoms with van der Waals surface area (Å²) in [5.74, 6) is 0.350. The zero-order valence-electron chi connectivity index (χ0n) is 8.64. The second kappa shape index (κ2) is 4.83. The average Bonchev–Trinajstić information content (AvgIpc) is 2.18. The van der Waals surface area contributed by atoms with Crippen LogP contribution in [0.25, 0.3) is 0 Å². The maximum Gasteiger partial charge on any atom is 0.508 e. The fraction of sp³-hybridized carbons (Fsp3) is 0.200. The summed E-state index contributed by atoms with van der Waals surface area (Å²) in [6, 6.07) is 4.68. The highest BCUT2D eigenvalue weighted by Gasteiger charge is 2.26. The monoisotopic (exact) mass is 249 g/mol. The molecule has 0 aliphatic carbocycles. The van der Waals surface area contributed by atoms with Crippen LogP contribution in [0, 0.1) is 6.92 Å². The molecule has 0 radical (unpaired) electrons. The molecule has 88 valence electrons. The van der Waals surface area contributed by atoms with Crippen LogP contribution >= 0.6 is 11.6 Å². The van der Waals surface area contributed by atoms with Crippen molar-refractivity contribution in [3.63, 3.8) is 0 Å². The van der Waals surface area contributed by atoms with E-state index in [1.807, 2.05) is 0 Å². The summed E-state index contributed by atoms with van der Waals surface area (Å²) in [6.07, 6.45) is 0. The van der Waals surface area contributed by atoms with E-state index in [-0.39, 0.29) is 0 Å². The molecule has 0 bridgehead atoms. The van der Waals surface area contributed by atoms with Crippen molar-refractivity contribution < 1.29 is 17.7 Å². The van der Waals surface area contributed by atoms with Gasteiger partial charge in [0.2, 0.25) is 0 Å². The van der Waals surface area contributed by atoms with Gasteiger partial charge in [-0.2, -0.15) is 0 Å². The number of hydrogen-bond donors (Lipinski definition) is 0. The molecule has 1 nitrogen and oxygen atoms in total. The van der Waals surface area contributed by atoms with E-state index in [0.29, 0.717) is 10.8 Å². The third kappa shape index (κ3) is 3.49. The van der Waals surface area contributed by atoms with Gasteiger partial charge >= 0.3 is 6.98 Å². The Morgan fingerprint density at radius 2 is 2.06 bits per heavy atom. The summed E-state index contributed by atoms with van der Waals surface area (Å²) < 4.78 is 41.4. The Hall–Kier alpha value is -1.10. The Morgan fingerprint density at radius 1 is 1.44 bits per heavy atom. The van der Waals surface area contributed by atoms with Crippen LogP contribution in [0.4, 0.5) is 12.9 Å². The minimum absolute atomic E-state index is 0.350. The first-order valence-electron chi connectivity index (χ1n) is 4.57. The van der Waals surface area contributed by atoms with E-state index in [4.69, 9.17) is 16.3 Å². The van der Waals surface area contributed by atoms with Gasteiger partial charge in [0.05, 0.1) is 6.61 Å². The van der Waals surface area contributed by atoms with E-state index in [9.17, 15) is 12.9 Å². The van der Waals surface area contributed by atoms with Crippen molar-refractivity contribution >= 4 is 18.6 Å². The molecule has 6 heteroatoms. The Kier molecular flexibility index (Phi) is 3.91. The molecule has 0 unspecified atom stereocenters. The third-order valence-electron chi connectivity index (χ3n) is 2.02. The van der Waals surface area contributed by atoms with Crippen LogP contribution in [0.5, 0.6) is 5.75 Å². The van der Waals surface area contributed by atoms with Gasteiger partial charge in [-0.15, -0.1) is 12.1 Å². The van der Waals surface area contributed by atoms with Gasteiger partial charge in [-0.25, -0.2) is 0 Å². The van der Waals surface area contributed by atoms with E-state index in [2.05, 4.69) is 6.58 Å². The van der Waals surface area contributed by atoms with Gasteiger partial charge in [-0.05, 0) is 30.7 Å². The van der Waals surface area contributed by atoms with Crippen LogP contribution in [-0.4, -0.2) is 13.6 Å². The SMILES string of the molecule is C=C(COc1ccc(Cl)c(C)c1)[B-](F)(F)F. The molecule has 1 rings (SSSR count). The lowest BCUT2D eigenvalue weighted by Gasteiger charge is -2.18. The first-order chi connectivity index (χ1) is 7.30. The fourth-order valence-electron chi connectivity index (χ4n) is 0.977. The molecule has 0 saturated heterocycles. The predicted molar refractivity (Wildman–Crippen MR) is 59.9 cm³/mol. The van der Waals surface area contributed by atoms with Crippen LogP contribution in [-0.2, 0) is 0 Å². The van der Waals surface area contributed by atoms with Gasteiger partial charge < -0.3 is 17.7 Å². The minimum Gasteiger partial charge on any atom is -0.492 e. The summed E-state index contributed by atoms with van der Waals surface area (Å²) in [4.78, 5) is 0. The average molecular weight is 249 g/mol. The lowest BCUT2D eigenvalue weighted by atomic mass is 9.81. The molecule has 0 atom stereocenters. The zero-order chi connectivity index (χ0) is 12.3.